The Balaban J connectivity index is 1.92. The lowest BCUT2D eigenvalue weighted by Gasteiger charge is -2.11. The molecule has 0 fully saturated rings. The van der Waals surface area contributed by atoms with Crippen LogP contribution in [0.15, 0.2) is 78.9 Å². The number of hydrogen-bond acceptors (Lipinski definition) is 0. The number of rotatable bonds is 2. The first kappa shape index (κ1) is 14.5. The molecule has 0 aliphatic carbocycles. The summed E-state index contributed by atoms with van der Waals surface area (Å²) in [5.41, 5.74) is 1.46. The van der Waals surface area contributed by atoms with E-state index in [9.17, 15) is 0 Å². The minimum Gasteiger partial charge on any atom is -0.0651 e. The Morgan fingerprint density at radius 2 is 1.12 bits per heavy atom. The molecule has 0 nitrogen and oxygen atoms in total. The standard InChI is InChI=1S/C25H20/c1-2-6-17-9-5-10-20-14-22-12-11-21-13-18-7-3-4-8-19(18)15-24(21)25(22)16-23(17)20/h3-5,7-16H,2,6H2,1H3. The molecule has 5 aromatic rings. The van der Waals surface area contributed by atoms with Crippen molar-refractivity contribution in [3.05, 3.63) is 84.4 Å². The molecule has 0 heterocycles. The van der Waals surface area contributed by atoms with Crippen LogP contribution in [0.4, 0.5) is 0 Å². The van der Waals surface area contributed by atoms with Crippen LogP contribution in [0.2, 0.25) is 0 Å². The van der Waals surface area contributed by atoms with E-state index >= 15 is 0 Å². The summed E-state index contributed by atoms with van der Waals surface area (Å²) >= 11 is 0. The Hall–Kier alpha value is -2.86. The molecule has 0 heteroatoms. The van der Waals surface area contributed by atoms with E-state index < -0.39 is 0 Å². The maximum absolute atomic E-state index is 2.41. The van der Waals surface area contributed by atoms with Gasteiger partial charge in [0.05, 0.1) is 0 Å². The molecule has 0 spiro atoms. The zero-order valence-corrected chi connectivity index (χ0v) is 14.4. The highest BCUT2D eigenvalue weighted by atomic mass is 14.1. The van der Waals surface area contributed by atoms with Gasteiger partial charge in [-0.05, 0) is 79.3 Å². The number of aryl methyl sites for hydroxylation is 1. The summed E-state index contributed by atoms with van der Waals surface area (Å²) in [6.07, 6.45) is 2.31. The van der Waals surface area contributed by atoms with Crippen LogP contribution in [-0.2, 0) is 6.42 Å². The molecule has 0 bridgehead atoms. The van der Waals surface area contributed by atoms with Crippen molar-refractivity contribution < 1.29 is 0 Å². The maximum Gasteiger partial charge on any atom is -0.00987 e. The predicted molar refractivity (Wildman–Crippen MR) is 110 cm³/mol. The van der Waals surface area contributed by atoms with Gasteiger partial charge in [0.2, 0.25) is 0 Å². The van der Waals surface area contributed by atoms with Gasteiger partial charge in [-0.2, -0.15) is 0 Å². The molecule has 0 aliphatic heterocycles. The Labute approximate surface area is 147 Å². The monoisotopic (exact) mass is 320 g/mol. The van der Waals surface area contributed by atoms with E-state index in [-0.39, 0.29) is 0 Å². The van der Waals surface area contributed by atoms with Gasteiger partial charge in [-0.15, -0.1) is 0 Å². The number of hydrogen-bond donors (Lipinski definition) is 0. The normalized spacial score (nSPS) is 11.7. The lowest BCUT2D eigenvalue weighted by molar-refractivity contribution is 0.930. The predicted octanol–water partition coefficient (Wildman–Crippen LogP) is 7.25. The molecule has 120 valence electrons. The molecule has 0 aliphatic rings. The molecule has 5 aromatic carbocycles. The zero-order valence-electron chi connectivity index (χ0n) is 14.4. The highest BCUT2D eigenvalue weighted by Gasteiger charge is 2.07. The number of fused-ring (bicyclic) bond motifs is 5. The fourth-order valence-corrected chi connectivity index (χ4v) is 4.07. The van der Waals surface area contributed by atoms with Crippen molar-refractivity contribution in [3.63, 3.8) is 0 Å². The van der Waals surface area contributed by atoms with E-state index in [0.29, 0.717) is 0 Å². The van der Waals surface area contributed by atoms with Crippen LogP contribution < -0.4 is 0 Å². The first-order valence-electron chi connectivity index (χ1n) is 9.10. The summed E-state index contributed by atoms with van der Waals surface area (Å²) in [6.45, 7) is 2.25. The topological polar surface area (TPSA) is 0 Å². The van der Waals surface area contributed by atoms with Crippen molar-refractivity contribution in [1.29, 1.82) is 0 Å². The fourth-order valence-electron chi connectivity index (χ4n) is 4.07. The van der Waals surface area contributed by atoms with Crippen LogP contribution >= 0.6 is 0 Å². The van der Waals surface area contributed by atoms with Crippen LogP contribution in [0, 0.1) is 0 Å². The van der Waals surface area contributed by atoms with Crippen LogP contribution in [0.5, 0.6) is 0 Å². The average Bonchev–Trinajstić information content (AvgIpc) is 2.65. The lowest BCUT2D eigenvalue weighted by Crippen LogP contribution is -1.87. The van der Waals surface area contributed by atoms with E-state index in [1.807, 2.05) is 0 Å². The largest absolute Gasteiger partial charge is 0.0651 e. The van der Waals surface area contributed by atoms with Gasteiger partial charge in [0, 0.05) is 0 Å². The molecule has 5 rings (SSSR count). The van der Waals surface area contributed by atoms with Gasteiger partial charge in [-0.3, -0.25) is 0 Å². The molecule has 0 saturated heterocycles. The Morgan fingerprint density at radius 3 is 1.88 bits per heavy atom. The second kappa shape index (κ2) is 5.60. The van der Waals surface area contributed by atoms with Crippen LogP contribution in [0.25, 0.3) is 43.1 Å². The summed E-state index contributed by atoms with van der Waals surface area (Å²) in [5, 5.41) is 10.7. The summed E-state index contributed by atoms with van der Waals surface area (Å²) < 4.78 is 0. The SMILES string of the molecule is CCCc1cccc2cc3ccc4cc5ccccc5cc4c3cc12. The molecule has 0 atom stereocenters. The third kappa shape index (κ3) is 2.29. The maximum atomic E-state index is 2.41. The van der Waals surface area contributed by atoms with Gasteiger partial charge in [0.1, 0.15) is 0 Å². The zero-order chi connectivity index (χ0) is 16.8. The molecule has 0 unspecified atom stereocenters. The summed E-state index contributed by atoms with van der Waals surface area (Å²) in [6, 6.07) is 29.3. The van der Waals surface area contributed by atoms with E-state index in [1.54, 1.807) is 0 Å². The summed E-state index contributed by atoms with van der Waals surface area (Å²) in [5.74, 6) is 0. The van der Waals surface area contributed by atoms with Crippen molar-refractivity contribution in [1.82, 2.24) is 0 Å². The van der Waals surface area contributed by atoms with E-state index in [0.717, 1.165) is 6.42 Å². The minimum absolute atomic E-state index is 1.14. The first-order chi connectivity index (χ1) is 12.3. The molecule has 0 aromatic heterocycles. The summed E-state index contributed by atoms with van der Waals surface area (Å²) in [4.78, 5) is 0. The molecule has 0 amide bonds. The van der Waals surface area contributed by atoms with Crippen molar-refractivity contribution >= 4 is 43.1 Å². The Morgan fingerprint density at radius 1 is 0.520 bits per heavy atom. The fraction of sp³-hybridized carbons (Fsp3) is 0.120. The van der Waals surface area contributed by atoms with Gasteiger partial charge in [0.25, 0.3) is 0 Å². The van der Waals surface area contributed by atoms with Gasteiger partial charge in [0.15, 0.2) is 0 Å². The quantitative estimate of drug-likeness (QED) is 0.237. The van der Waals surface area contributed by atoms with Crippen molar-refractivity contribution in [2.45, 2.75) is 19.8 Å². The third-order valence-electron chi connectivity index (χ3n) is 5.31. The molecule has 0 saturated carbocycles. The molecular weight excluding hydrogens is 300 g/mol. The second-order valence-electron chi connectivity index (χ2n) is 6.95. The molecule has 0 N–H and O–H groups in total. The Kier molecular flexibility index (Phi) is 3.24. The van der Waals surface area contributed by atoms with Gasteiger partial charge >= 0.3 is 0 Å². The Bertz CT molecular complexity index is 1240. The van der Waals surface area contributed by atoms with Crippen molar-refractivity contribution in [2.75, 3.05) is 0 Å². The van der Waals surface area contributed by atoms with E-state index in [1.165, 1.54) is 55.1 Å². The number of benzene rings is 5. The highest BCUT2D eigenvalue weighted by Crippen LogP contribution is 2.33. The minimum atomic E-state index is 1.14. The summed E-state index contributed by atoms with van der Waals surface area (Å²) in [7, 11) is 0. The van der Waals surface area contributed by atoms with Crippen molar-refractivity contribution in [3.8, 4) is 0 Å². The van der Waals surface area contributed by atoms with E-state index in [4.69, 9.17) is 0 Å². The second-order valence-corrected chi connectivity index (χ2v) is 6.95. The van der Waals surface area contributed by atoms with Gasteiger partial charge in [-0.1, -0.05) is 67.9 Å². The van der Waals surface area contributed by atoms with Crippen LogP contribution in [0.1, 0.15) is 18.9 Å². The molecule has 0 radical (unpaired) electrons. The van der Waals surface area contributed by atoms with Crippen molar-refractivity contribution in [2.24, 2.45) is 0 Å². The highest BCUT2D eigenvalue weighted by molar-refractivity contribution is 6.15. The van der Waals surface area contributed by atoms with Gasteiger partial charge < -0.3 is 0 Å². The third-order valence-corrected chi connectivity index (χ3v) is 5.31. The van der Waals surface area contributed by atoms with Crippen LogP contribution in [0.3, 0.4) is 0 Å². The molecular formula is C25H20. The lowest BCUT2D eigenvalue weighted by atomic mass is 9.93. The average molecular weight is 320 g/mol. The molecule has 25 heavy (non-hydrogen) atoms. The smallest absolute Gasteiger partial charge is 0.00987 e. The van der Waals surface area contributed by atoms with E-state index in [2.05, 4.69) is 85.8 Å². The van der Waals surface area contributed by atoms with Gasteiger partial charge in [-0.25, -0.2) is 0 Å². The first-order valence-corrected chi connectivity index (χ1v) is 9.10. The van der Waals surface area contributed by atoms with Crippen LogP contribution in [-0.4, -0.2) is 0 Å².